The Morgan fingerprint density at radius 3 is 2.26 bits per heavy atom. The van der Waals surface area contributed by atoms with Crippen LogP contribution in [0.2, 0.25) is 0 Å². The van der Waals surface area contributed by atoms with Crippen molar-refractivity contribution in [2.24, 2.45) is 0 Å². The van der Waals surface area contributed by atoms with Crippen molar-refractivity contribution >= 4 is 17.4 Å². The first-order chi connectivity index (χ1) is 11.1. The predicted molar refractivity (Wildman–Crippen MR) is 89.1 cm³/mol. The van der Waals surface area contributed by atoms with Crippen molar-refractivity contribution in [3.8, 4) is 6.07 Å². The summed E-state index contributed by atoms with van der Waals surface area (Å²) >= 11 is 0. The third-order valence-corrected chi connectivity index (χ3v) is 3.47. The highest BCUT2D eigenvalue weighted by Gasteiger charge is 2.09. The second-order valence-corrected chi connectivity index (χ2v) is 5.37. The maximum Gasteiger partial charge on any atom is 0.224 e. The second kappa shape index (κ2) is 7.90. The van der Waals surface area contributed by atoms with E-state index in [0.717, 1.165) is 11.1 Å². The summed E-state index contributed by atoms with van der Waals surface area (Å²) in [4.78, 5) is 23.9. The quantitative estimate of drug-likeness (QED) is 0.828. The Kier molecular flexibility index (Phi) is 5.65. The van der Waals surface area contributed by atoms with Crippen LogP contribution in [0.4, 0.5) is 5.69 Å². The number of carbonyl (C=O) groups excluding carboxylic acids is 2. The zero-order valence-electron chi connectivity index (χ0n) is 13.0. The lowest BCUT2D eigenvalue weighted by Gasteiger charge is -2.06. The SMILES string of the molecule is Cc1ccc(C(=O)CCC(=O)Nc2ccc(CC#N)cc2)cc1. The Labute approximate surface area is 135 Å². The summed E-state index contributed by atoms with van der Waals surface area (Å²) in [7, 11) is 0. The van der Waals surface area contributed by atoms with E-state index >= 15 is 0 Å². The van der Waals surface area contributed by atoms with Gasteiger partial charge in [-0.1, -0.05) is 42.0 Å². The van der Waals surface area contributed by atoms with Crippen molar-refractivity contribution in [3.63, 3.8) is 0 Å². The Morgan fingerprint density at radius 2 is 1.65 bits per heavy atom. The molecule has 0 saturated heterocycles. The normalized spacial score (nSPS) is 9.91. The molecule has 2 aromatic rings. The highest BCUT2D eigenvalue weighted by atomic mass is 16.2. The number of hydrogen-bond donors (Lipinski definition) is 1. The largest absolute Gasteiger partial charge is 0.326 e. The van der Waals surface area contributed by atoms with E-state index < -0.39 is 0 Å². The summed E-state index contributed by atoms with van der Waals surface area (Å²) in [6.45, 7) is 1.96. The van der Waals surface area contributed by atoms with E-state index in [2.05, 4.69) is 11.4 Å². The van der Waals surface area contributed by atoms with Gasteiger partial charge in [0.05, 0.1) is 12.5 Å². The Morgan fingerprint density at radius 1 is 1.00 bits per heavy atom. The van der Waals surface area contributed by atoms with Crippen LogP contribution in [-0.2, 0) is 11.2 Å². The number of benzene rings is 2. The molecule has 0 heterocycles. The molecule has 1 amide bonds. The van der Waals surface area contributed by atoms with Gasteiger partial charge in [-0.05, 0) is 24.6 Å². The molecule has 23 heavy (non-hydrogen) atoms. The Hall–Kier alpha value is -2.93. The number of aryl methyl sites for hydroxylation is 1. The summed E-state index contributed by atoms with van der Waals surface area (Å²) in [5, 5.41) is 11.4. The molecular weight excluding hydrogens is 288 g/mol. The van der Waals surface area contributed by atoms with E-state index in [0.29, 0.717) is 17.7 Å². The van der Waals surface area contributed by atoms with Gasteiger partial charge in [0.2, 0.25) is 5.91 Å². The lowest BCUT2D eigenvalue weighted by atomic mass is 10.0. The molecule has 0 fully saturated rings. The molecular formula is C19H18N2O2. The van der Waals surface area contributed by atoms with Crippen LogP contribution in [0.25, 0.3) is 0 Å². The molecule has 2 aromatic carbocycles. The van der Waals surface area contributed by atoms with Gasteiger partial charge >= 0.3 is 0 Å². The summed E-state index contributed by atoms with van der Waals surface area (Å²) < 4.78 is 0. The fraction of sp³-hybridized carbons (Fsp3) is 0.211. The molecule has 0 unspecified atom stereocenters. The number of amides is 1. The number of ketones is 1. The molecule has 0 spiro atoms. The van der Waals surface area contributed by atoms with Crippen LogP contribution in [0.15, 0.2) is 48.5 Å². The monoisotopic (exact) mass is 306 g/mol. The van der Waals surface area contributed by atoms with Gasteiger partial charge in [0.25, 0.3) is 0 Å². The van der Waals surface area contributed by atoms with Gasteiger partial charge in [0.1, 0.15) is 0 Å². The van der Waals surface area contributed by atoms with E-state index in [1.54, 1.807) is 36.4 Å². The van der Waals surface area contributed by atoms with Crippen molar-refractivity contribution in [2.75, 3.05) is 5.32 Å². The smallest absolute Gasteiger partial charge is 0.224 e. The van der Waals surface area contributed by atoms with Gasteiger partial charge < -0.3 is 5.32 Å². The number of nitriles is 1. The van der Waals surface area contributed by atoms with E-state index in [-0.39, 0.29) is 24.5 Å². The molecule has 0 bridgehead atoms. The van der Waals surface area contributed by atoms with Crippen molar-refractivity contribution in [1.82, 2.24) is 0 Å². The molecule has 0 atom stereocenters. The summed E-state index contributed by atoms with van der Waals surface area (Å²) in [6, 6.07) is 16.5. The first-order valence-corrected chi connectivity index (χ1v) is 7.44. The van der Waals surface area contributed by atoms with Crippen molar-refractivity contribution < 1.29 is 9.59 Å². The van der Waals surface area contributed by atoms with Crippen LogP contribution in [-0.4, -0.2) is 11.7 Å². The fourth-order valence-corrected chi connectivity index (χ4v) is 2.13. The van der Waals surface area contributed by atoms with Crippen LogP contribution >= 0.6 is 0 Å². The minimum absolute atomic E-state index is 0.0375. The minimum Gasteiger partial charge on any atom is -0.326 e. The third-order valence-electron chi connectivity index (χ3n) is 3.47. The number of hydrogen-bond acceptors (Lipinski definition) is 3. The van der Waals surface area contributed by atoms with Crippen LogP contribution in [0.1, 0.15) is 34.3 Å². The first kappa shape index (κ1) is 16.4. The molecule has 0 aliphatic heterocycles. The van der Waals surface area contributed by atoms with Crippen molar-refractivity contribution in [1.29, 1.82) is 5.26 Å². The topological polar surface area (TPSA) is 70.0 Å². The molecule has 0 aromatic heterocycles. The molecule has 1 N–H and O–H groups in total. The number of Topliss-reactive ketones (excluding diaryl/α,β-unsaturated/α-hetero) is 1. The third kappa shape index (κ3) is 5.08. The van der Waals surface area contributed by atoms with E-state index in [9.17, 15) is 9.59 Å². The lowest BCUT2D eigenvalue weighted by Crippen LogP contribution is -2.13. The fourth-order valence-electron chi connectivity index (χ4n) is 2.13. The van der Waals surface area contributed by atoms with Crippen LogP contribution in [0, 0.1) is 18.3 Å². The molecule has 2 rings (SSSR count). The van der Waals surface area contributed by atoms with Crippen LogP contribution in [0.3, 0.4) is 0 Å². The van der Waals surface area contributed by atoms with Crippen LogP contribution in [0.5, 0.6) is 0 Å². The number of carbonyl (C=O) groups is 2. The number of nitrogens with one attached hydrogen (secondary N) is 1. The zero-order chi connectivity index (χ0) is 16.7. The van der Waals surface area contributed by atoms with Crippen molar-refractivity contribution in [2.45, 2.75) is 26.2 Å². The predicted octanol–water partition coefficient (Wildman–Crippen LogP) is 3.66. The summed E-state index contributed by atoms with van der Waals surface area (Å²) in [5.41, 5.74) is 3.29. The molecule has 0 aliphatic carbocycles. The average molecular weight is 306 g/mol. The van der Waals surface area contributed by atoms with Crippen LogP contribution < -0.4 is 5.32 Å². The van der Waals surface area contributed by atoms with E-state index in [1.165, 1.54) is 0 Å². The molecule has 4 nitrogen and oxygen atoms in total. The number of nitrogens with zero attached hydrogens (tertiary/aromatic N) is 1. The first-order valence-electron chi connectivity index (χ1n) is 7.44. The highest BCUT2D eigenvalue weighted by molar-refractivity contribution is 6.00. The van der Waals surface area contributed by atoms with Gasteiger partial charge in [0.15, 0.2) is 5.78 Å². The maximum absolute atomic E-state index is 12.0. The average Bonchev–Trinajstić information content (AvgIpc) is 2.55. The summed E-state index contributed by atoms with van der Waals surface area (Å²) in [6.07, 6.45) is 0.674. The Bertz CT molecular complexity index is 725. The lowest BCUT2D eigenvalue weighted by molar-refractivity contribution is -0.116. The molecule has 116 valence electrons. The second-order valence-electron chi connectivity index (χ2n) is 5.37. The minimum atomic E-state index is -0.196. The number of anilines is 1. The molecule has 0 radical (unpaired) electrons. The molecule has 0 aliphatic rings. The number of rotatable bonds is 6. The van der Waals surface area contributed by atoms with Crippen molar-refractivity contribution in [3.05, 3.63) is 65.2 Å². The zero-order valence-corrected chi connectivity index (χ0v) is 13.0. The maximum atomic E-state index is 12.0. The van der Waals surface area contributed by atoms with Gasteiger partial charge in [0, 0.05) is 24.1 Å². The van der Waals surface area contributed by atoms with Gasteiger partial charge in [-0.25, -0.2) is 0 Å². The van der Waals surface area contributed by atoms with E-state index in [1.807, 2.05) is 19.1 Å². The van der Waals surface area contributed by atoms with Gasteiger partial charge in [-0.3, -0.25) is 9.59 Å². The summed E-state index contributed by atoms with van der Waals surface area (Å²) in [5.74, 6) is -0.233. The molecule has 4 heteroatoms. The van der Waals surface area contributed by atoms with Gasteiger partial charge in [-0.15, -0.1) is 0 Å². The highest BCUT2D eigenvalue weighted by Crippen LogP contribution is 2.12. The standard InChI is InChI=1S/C19H18N2O2/c1-14-2-6-16(7-3-14)18(22)10-11-19(23)21-17-8-4-15(5-9-17)12-13-20/h2-9H,10-12H2,1H3,(H,21,23). The van der Waals surface area contributed by atoms with Gasteiger partial charge in [-0.2, -0.15) is 5.26 Å². The Balaban J connectivity index is 1.84. The van der Waals surface area contributed by atoms with E-state index in [4.69, 9.17) is 5.26 Å². The molecule has 0 saturated carbocycles.